The Hall–Kier alpha value is -2.98. The number of thiazole rings is 1. The van der Waals surface area contributed by atoms with E-state index in [0.717, 1.165) is 16.6 Å². The van der Waals surface area contributed by atoms with E-state index >= 15 is 0 Å². The molecular formula is C20H11BrF3N3O2S. The smallest absolute Gasteiger partial charge is 0.416 e. The lowest BCUT2D eigenvalue weighted by Gasteiger charge is -2.07. The summed E-state index contributed by atoms with van der Waals surface area (Å²) in [4.78, 5) is 21.0. The molecule has 4 rings (SSSR count). The number of carbonyl (C=O) groups excluding carboxylic acids is 1. The van der Waals surface area contributed by atoms with Gasteiger partial charge in [0, 0.05) is 21.4 Å². The van der Waals surface area contributed by atoms with Gasteiger partial charge in [-0.3, -0.25) is 10.1 Å². The van der Waals surface area contributed by atoms with Crippen LogP contribution in [0, 0.1) is 0 Å². The quantitative estimate of drug-likeness (QED) is 0.371. The molecule has 10 heteroatoms. The molecule has 0 unspecified atom stereocenters. The van der Waals surface area contributed by atoms with Gasteiger partial charge in [0.25, 0.3) is 5.91 Å². The first-order valence-corrected chi connectivity index (χ1v) is 10.1. The number of halogens is 4. The second-order valence-corrected chi connectivity index (χ2v) is 7.91. The molecule has 0 aliphatic heterocycles. The predicted molar refractivity (Wildman–Crippen MR) is 111 cm³/mol. The number of alkyl halides is 3. The van der Waals surface area contributed by atoms with Crippen LogP contribution in [0.2, 0.25) is 0 Å². The molecule has 1 amide bonds. The molecule has 5 nitrogen and oxygen atoms in total. The zero-order valence-corrected chi connectivity index (χ0v) is 17.3. The maximum absolute atomic E-state index is 13.0. The molecule has 0 radical (unpaired) electrons. The Morgan fingerprint density at radius 3 is 2.73 bits per heavy atom. The summed E-state index contributed by atoms with van der Waals surface area (Å²) in [5.74, 6) is -0.540. The molecule has 2 heterocycles. The van der Waals surface area contributed by atoms with Crippen LogP contribution in [0.5, 0.6) is 0 Å². The van der Waals surface area contributed by atoms with Crippen molar-refractivity contribution >= 4 is 55.0 Å². The van der Waals surface area contributed by atoms with Gasteiger partial charge < -0.3 is 4.42 Å². The van der Waals surface area contributed by atoms with Gasteiger partial charge in [-0.15, -0.1) is 11.3 Å². The minimum Gasteiger partial charge on any atom is -0.438 e. The Morgan fingerprint density at radius 2 is 2.00 bits per heavy atom. The Morgan fingerprint density at radius 1 is 1.17 bits per heavy atom. The number of nitrogens with zero attached hydrogens (tertiary/aromatic N) is 2. The highest BCUT2D eigenvalue weighted by Gasteiger charge is 2.30. The second-order valence-electron chi connectivity index (χ2n) is 6.10. The first-order chi connectivity index (χ1) is 14.3. The summed E-state index contributed by atoms with van der Waals surface area (Å²) in [6.45, 7) is 0. The van der Waals surface area contributed by atoms with Crippen LogP contribution in [0.25, 0.3) is 11.0 Å². The number of fused-ring (bicyclic) bond motifs is 1. The van der Waals surface area contributed by atoms with Crippen LogP contribution >= 0.6 is 27.3 Å². The van der Waals surface area contributed by atoms with Crippen LogP contribution < -0.4 is 10.9 Å². The van der Waals surface area contributed by atoms with Gasteiger partial charge in [0.1, 0.15) is 11.1 Å². The van der Waals surface area contributed by atoms with E-state index in [0.29, 0.717) is 16.1 Å². The molecule has 0 bridgehead atoms. The molecule has 1 N–H and O–H groups in total. The molecule has 0 spiro atoms. The Bertz CT molecular complexity index is 1300. The number of amides is 1. The highest BCUT2D eigenvalue weighted by Crippen LogP contribution is 2.31. The summed E-state index contributed by atoms with van der Waals surface area (Å²) in [6.07, 6.45) is -2.97. The Labute approximate surface area is 180 Å². The highest BCUT2D eigenvalue weighted by molar-refractivity contribution is 9.10. The molecule has 0 aliphatic carbocycles. The molecule has 0 fully saturated rings. The van der Waals surface area contributed by atoms with Crippen molar-refractivity contribution in [1.82, 2.24) is 4.98 Å². The molecule has 4 aromatic rings. The number of anilines is 1. The van der Waals surface area contributed by atoms with Crippen LogP contribution in [0.15, 0.2) is 74.0 Å². The van der Waals surface area contributed by atoms with Gasteiger partial charge in [0.05, 0.1) is 11.3 Å². The minimum absolute atomic E-state index is 0.00772. The summed E-state index contributed by atoms with van der Waals surface area (Å²) in [6, 6.07) is 11.2. The molecule has 152 valence electrons. The molecule has 0 saturated carbocycles. The van der Waals surface area contributed by atoms with Crippen LogP contribution in [0.4, 0.5) is 24.0 Å². The second kappa shape index (κ2) is 8.04. The fourth-order valence-corrected chi connectivity index (χ4v) is 3.57. The summed E-state index contributed by atoms with van der Waals surface area (Å²) in [5, 5.41) is 5.33. The van der Waals surface area contributed by atoms with Gasteiger partial charge in [0.15, 0.2) is 5.13 Å². The zero-order valence-electron chi connectivity index (χ0n) is 14.9. The average molecular weight is 494 g/mol. The third kappa shape index (κ3) is 4.44. The topological polar surface area (TPSA) is 67.5 Å². The maximum atomic E-state index is 13.0. The third-order valence-electron chi connectivity index (χ3n) is 4.01. The third-order valence-corrected chi connectivity index (χ3v) is 5.19. The predicted octanol–water partition coefficient (Wildman–Crippen LogP) is 6.16. The highest BCUT2D eigenvalue weighted by atomic mass is 79.9. The van der Waals surface area contributed by atoms with Crippen molar-refractivity contribution in [2.24, 2.45) is 4.99 Å². The molecule has 0 atom stereocenters. The van der Waals surface area contributed by atoms with Crippen molar-refractivity contribution in [3.8, 4) is 0 Å². The van der Waals surface area contributed by atoms with E-state index in [2.05, 4.69) is 31.2 Å². The lowest BCUT2D eigenvalue weighted by Crippen LogP contribution is -2.21. The van der Waals surface area contributed by atoms with Crippen LogP contribution in [0.1, 0.15) is 15.9 Å². The molecule has 30 heavy (non-hydrogen) atoms. The van der Waals surface area contributed by atoms with E-state index in [1.54, 1.807) is 29.6 Å². The summed E-state index contributed by atoms with van der Waals surface area (Å²) >= 11 is 4.59. The van der Waals surface area contributed by atoms with Gasteiger partial charge in [0.2, 0.25) is 5.55 Å². The van der Waals surface area contributed by atoms with Gasteiger partial charge >= 0.3 is 6.18 Å². The number of nitrogens with one attached hydrogen (secondary N) is 1. The average Bonchev–Trinajstić information content (AvgIpc) is 3.20. The Balaban J connectivity index is 1.88. The van der Waals surface area contributed by atoms with Crippen LogP contribution in [-0.2, 0) is 6.18 Å². The Kier molecular flexibility index (Phi) is 5.44. The van der Waals surface area contributed by atoms with Gasteiger partial charge in [-0.05, 0) is 42.5 Å². The fraction of sp³-hybridized carbons (Fsp3) is 0.0500. The zero-order chi connectivity index (χ0) is 21.3. The number of benzene rings is 2. The van der Waals surface area contributed by atoms with Crippen LogP contribution in [-0.4, -0.2) is 10.9 Å². The normalized spacial score (nSPS) is 12.3. The van der Waals surface area contributed by atoms with Crippen molar-refractivity contribution in [1.29, 1.82) is 0 Å². The number of rotatable bonds is 3. The molecule has 0 saturated heterocycles. The molecule has 0 aliphatic rings. The number of aromatic nitrogens is 1. The van der Waals surface area contributed by atoms with Crippen molar-refractivity contribution in [3.63, 3.8) is 0 Å². The maximum Gasteiger partial charge on any atom is 0.416 e. The largest absolute Gasteiger partial charge is 0.438 e. The minimum atomic E-state index is -4.51. The van der Waals surface area contributed by atoms with Crippen molar-refractivity contribution in [3.05, 3.63) is 81.3 Å². The molecular weight excluding hydrogens is 483 g/mol. The summed E-state index contributed by atoms with van der Waals surface area (Å²) < 4.78 is 45.6. The SMILES string of the molecule is O=C(Nc1nccs1)c1cc2cc(Br)ccc2oc1=Nc1cccc(C(F)(F)F)c1. The summed E-state index contributed by atoms with van der Waals surface area (Å²) in [7, 11) is 0. The number of hydrogen-bond donors (Lipinski definition) is 1. The van der Waals surface area contributed by atoms with Crippen molar-refractivity contribution < 1.29 is 22.4 Å². The van der Waals surface area contributed by atoms with Crippen molar-refractivity contribution in [2.75, 3.05) is 5.32 Å². The first kappa shape index (κ1) is 20.3. The molecule has 2 aromatic heterocycles. The number of carbonyl (C=O) groups is 1. The van der Waals surface area contributed by atoms with Gasteiger partial charge in [-0.2, -0.15) is 13.2 Å². The van der Waals surface area contributed by atoms with E-state index < -0.39 is 17.6 Å². The van der Waals surface area contributed by atoms with Crippen LogP contribution in [0.3, 0.4) is 0 Å². The first-order valence-electron chi connectivity index (χ1n) is 8.46. The summed E-state index contributed by atoms with van der Waals surface area (Å²) in [5.41, 5.74) is -0.461. The van der Waals surface area contributed by atoms with E-state index in [9.17, 15) is 18.0 Å². The lowest BCUT2D eigenvalue weighted by atomic mass is 10.1. The fourth-order valence-electron chi connectivity index (χ4n) is 2.67. The number of hydrogen-bond acceptors (Lipinski definition) is 5. The lowest BCUT2D eigenvalue weighted by molar-refractivity contribution is -0.137. The van der Waals surface area contributed by atoms with E-state index in [1.165, 1.54) is 29.7 Å². The molecule has 2 aromatic carbocycles. The van der Waals surface area contributed by atoms with Crippen molar-refractivity contribution in [2.45, 2.75) is 6.18 Å². The van der Waals surface area contributed by atoms with E-state index in [4.69, 9.17) is 4.42 Å². The van der Waals surface area contributed by atoms with E-state index in [1.807, 2.05) is 0 Å². The van der Waals surface area contributed by atoms with Gasteiger partial charge in [-0.25, -0.2) is 9.98 Å². The van der Waals surface area contributed by atoms with Gasteiger partial charge in [-0.1, -0.05) is 22.0 Å². The monoisotopic (exact) mass is 493 g/mol. The van der Waals surface area contributed by atoms with E-state index in [-0.39, 0.29) is 16.8 Å². The standard InChI is InChI=1S/C20H11BrF3N3O2S/c21-13-4-5-16-11(8-13)9-15(17(28)27-19-25-6-7-30-19)18(29-16)26-14-3-1-2-12(10-14)20(22,23)24/h1-10H,(H,25,27,28).